The van der Waals surface area contributed by atoms with Crippen molar-refractivity contribution in [1.29, 1.82) is 5.26 Å². The minimum Gasteiger partial charge on any atom is -0.470 e. The first kappa shape index (κ1) is 15.9. The zero-order chi connectivity index (χ0) is 16.9. The SMILES string of the molecule is N#Cc1nccnc1OC1CCN(C(=O)Cc2ccc(F)cc2)C1. The van der Waals surface area contributed by atoms with E-state index in [-0.39, 0.29) is 35.8 Å². The van der Waals surface area contributed by atoms with Gasteiger partial charge in [-0.15, -0.1) is 0 Å². The average molecular weight is 326 g/mol. The summed E-state index contributed by atoms with van der Waals surface area (Å²) in [4.78, 5) is 21.9. The van der Waals surface area contributed by atoms with Gasteiger partial charge in [-0.3, -0.25) is 4.79 Å². The Bertz CT molecular complexity index is 773. The molecule has 2 heterocycles. The summed E-state index contributed by atoms with van der Waals surface area (Å²) < 4.78 is 18.6. The molecule has 1 saturated heterocycles. The second-order valence-electron chi connectivity index (χ2n) is 5.49. The van der Waals surface area contributed by atoms with Crippen LogP contribution in [0.1, 0.15) is 17.7 Å². The van der Waals surface area contributed by atoms with E-state index in [4.69, 9.17) is 10.00 Å². The molecule has 0 spiro atoms. The molecule has 1 atom stereocenters. The van der Waals surface area contributed by atoms with Crippen LogP contribution in [0.2, 0.25) is 0 Å². The van der Waals surface area contributed by atoms with Crippen molar-refractivity contribution in [1.82, 2.24) is 14.9 Å². The zero-order valence-electron chi connectivity index (χ0n) is 12.9. The van der Waals surface area contributed by atoms with Gasteiger partial charge in [-0.1, -0.05) is 12.1 Å². The third kappa shape index (κ3) is 3.66. The Labute approximate surface area is 138 Å². The summed E-state index contributed by atoms with van der Waals surface area (Å²) in [5.74, 6) is -0.164. The predicted octanol–water partition coefficient (Wildman–Crippen LogP) is 1.71. The number of amides is 1. The zero-order valence-corrected chi connectivity index (χ0v) is 12.9. The number of halogens is 1. The van der Waals surface area contributed by atoms with Crippen LogP contribution in [0, 0.1) is 17.1 Å². The molecular weight excluding hydrogens is 311 g/mol. The van der Waals surface area contributed by atoms with Crippen molar-refractivity contribution in [3.8, 4) is 11.9 Å². The topological polar surface area (TPSA) is 79.1 Å². The fourth-order valence-corrected chi connectivity index (χ4v) is 2.59. The maximum absolute atomic E-state index is 12.9. The molecule has 122 valence electrons. The number of hydrogen-bond acceptors (Lipinski definition) is 5. The lowest BCUT2D eigenvalue weighted by Gasteiger charge is -2.17. The van der Waals surface area contributed by atoms with E-state index in [1.165, 1.54) is 24.5 Å². The lowest BCUT2D eigenvalue weighted by molar-refractivity contribution is -0.129. The molecule has 2 aromatic rings. The van der Waals surface area contributed by atoms with E-state index in [1.54, 1.807) is 17.0 Å². The highest BCUT2D eigenvalue weighted by atomic mass is 19.1. The molecule has 1 aromatic carbocycles. The van der Waals surface area contributed by atoms with Gasteiger partial charge in [0.05, 0.1) is 13.0 Å². The van der Waals surface area contributed by atoms with Gasteiger partial charge in [0, 0.05) is 25.4 Å². The van der Waals surface area contributed by atoms with Crippen LogP contribution in [0.4, 0.5) is 4.39 Å². The molecule has 3 rings (SSSR count). The van der Waals surface area contributed by atoms with Crippen LogP contribution in [0.25, 0.3) is 0 Å². The lowest BCUT2D eigenvalue weighted by Crippen LogP contribution is -2.32. The summed E-state index contributed by atoms with van der Waals surface area (Å²) >= 11 is 0. The van der Waals surface area contributed by atoms with Crippen molar-refractivity contribution in [2.24, 2.45) is 0 Å². The van der Waals surface area contributed by atoms with Crippen molar-refractivity contribution in [2.45, 2.75) is 18.9 Å². The van der Waals surface area contributed by atoms with Crippen LogP contribution < -0.4 is 4.74 Å². The van der Waals surface area contributed by atoms with E-state index in [1.807, 2.05) is 6.07 Å². The first-order valence-corrected chi connectivity index (χ1v) is 7.55. The quantitative estimate of drug-likeness (QED) is 0.854. The van der Waals surface area contributed by atoms with E-state index >= 15 is 0 Å². The largest absolute Gasteiger partial charge is 0.470 e. The van der Waals surface area contributed by atoms with Crippen molar-refractivity contribution >= 4 is 5.91 Å². The molecule has 1 aromatic heterocycles. The standard InChI is InChI=1S/C17H15FN4O2/c18-13-3-1-12(2-4-13)9-16(23)22-8-5-14(11-22)24-17-15(10-19)20-6-7-21-17/h1-4,6-7,14H,5,8-9,11H2. The fraction of sp³-hybridized carbons (Fsp3) is 0.294. The van der Waals surface area contributed by atoms with E-state index in [0.29, 0.717) is 19.5 Å². The Morgan fingerprint density at radius 3 is 2.83 bits per heavy atom. The minimum atomic E-state index is -0.321. The molecule has 1 aliphatic rings. The lowest BCUT2D eigenvalue weighted by atomic mass is 10.1. The summed E-state index contributed by atoms with van der Waals surface area (Å²) in [5, 5.41) is 8.99. The van der Waals surface area contributed by atoms with Crippen LogP contribution in [0.3, 0.4) is 0 Å². The second kappa shape index (κ2) is 7.04. The summed E-state index contributed by atoms with van der Waals surface area (Å²) in [7, 11) is 0. The molecule has 0 N–H and O–H groups in total. The van der Waals surface area contributed by atoms with Gasteiger partial charge in [-0.2, -0.15) is 5.26 Å². The number of carbonyl (C=O) groups is 1. The highest BCUT2D eigenvalue weighted by Gasteiger charge is 2.28. The average Bonchev–Trinajstić information content (AvgIpc) is 3.06. The van der Waals surface area contributed by atoms with Gasteiger partial charge in [0.1, 0.15) is 18.0 Å². The number of ether oxygens (including phenoxy) is 1. The summed E-state index contributed by atoms with van der Waals surface area (Å²) in [6.45, 7) is 1.01. The molecule has 0 radical (unpaired) electrons. The number of likely N-dealkylation sites (tertiary alicyclic amines) is 1. The third-order valence-corrected chi connectivity index (χ3v) is 3.82. The van der Waals surface area contributed by atoms with Crippen LogP contribution >= 0.6 is 0 Å². The summed E-state index contributed by atoms with van der Waals surface area (Å²) in [6.07, 6.45) is 3.56. The first-order chi connectivity index (χ1) is 11.7. The van der Waals surface area contributed by atoms with E-state index in [9.17, 15) is 9.18 Å². The number of rotatable bonds is 4. The molecule has 7 heteroatoms. The number of carbonyl (C=O) groups excluding carboxylic acids is 1. The first-order valence-electron chi connectivity index (χ1n) is 7.55. The molecular formula is C17H15FN4O2. The maximum atomic E-state index is 12.9. The highest BCUT2D eigenvalue weighted by molar-refractivity contribution is 5.79. The third-order valence-electron chi connectivity index (χ3n) is 3.82. The van der Waals surface area contributed by atoms with Gasteiger partial charge >= 0.3 is 0 Å². The molecule has 0 aliphatic carbocycles. The van der Waals surface area contributed by atoms with Crippen molar-refractivity contribution < 1.29 is 13.9 Å². The van der Waals surface area contributed by atoms with E-state index < -0.39 is 0 Å². The van der Waals surface area contributed by atoms with Crippen molar-refractivity contribution in [3.63, 3.8) is 0 Å². The van der Waals surface area contributed by atoms with Gasteiger partial charge < -0.3 is 9.64 Å². The normalized spacial score (nSPS) is 16.7. The minimum absolute atomic E-state index is 0.0349. The monoisotopic (exact) mass is 326 g/mol. The Morgan fingerprint density at radius 1 is 1.33 bits per heavy atom. The Morgan fingerprint density at radius 2 is 2.08 bits per heavy atom. The summed E-state index contributed by atoms with van der Waals surface area (Å²) in [5.41, 5.74) is 0.903. The fourth-order valence-electron chi connectivity index (χ4n) is 2.59. The number of hydrogen-bond donors (Lipinski definition) is 0. The molecule has 0 bridgehead atoms. The number of benzene rings is 1. The van der Waals surface area contributed by atoms with Gasteiger partial charge in [0.2, 0.25) is 11.6 Å². The van der Waals surface area contributed by atoms with Crippen LogP contribution in [0.5, 0.6) is 5.88 Å². The molecule has 1 amide bonds. The smallest absolute Gasteiger partial charge is 0.251 e. The van der Waals surface area contributed by atoms with Crippen LogP contribution in [0.15, 0.2) is 36.7 Å². The summed E-state index contributed by atoms with van der Waals surface area (Å²) in [6, 6.07) is 7.83. The van der Waals surface area contributed by atoms with E-state index in [2.05, 4.69) is 9.97 Å². The molecule has 6 nitrogen and oxygen atoms in total. The number of aromatic nitrogens is 2. The number of nitrogens with zero attached hydrogens (tertiary/aromatic N) is 4. The molecule has 1 fully saturated rings. The van der Waals surface area contributed by atoms with Gasteiger partial charge in [-0.25, -0.2) is 14.4 Å². The van der Waals surface area contributed by atoms with Gasteiger partial charge in [0.15, 0.2) is 0 Å². The van der Waals surface area contributed by atoms with Crippen molar-refractivity contribution in [3.05, 3.63) is 53.7 Å². The Kier molecular flexibility index (Phi) is 4.66. The Hall–Kier alpha value is -3.01. The molecule has 1 unspecified atom stereocenters. The van der Waals surface area contributed by atoms with E-state index in [0.717, 1.165) is 5.56 Å². The second-order valence-corrected chi connectivity index (χ2v) is 5.49. The predicted molar refractivity (Wildman–Crippen MR) is 82.5 cm³/mol. The van der Waals surface area contributed by atoms with Crippen molar-refractivity contribution in [2.75, 3.05) is 13.1 Å². The molecule has 1 aliphatic heterocycles. The maximum Gasteiger partial charge on any atom is 0.251 e. The number of nitriles is 1. The van der Waals surface area contributed by atoms with Gasteiger partial charge in [0.25, 0.3) is 5.88 Å². The molecule has 0 saturated carbocycles. The Balaban J connectivity index is 1.58. The highest BCUT2D eigenvalue weighted by Crippen LogP contribution is 2.19. The van der Waals surface area contributed by atoms with Crippen LogP contribution in [-0.2, 0) is 11.2 Å². The van der Waals surface area contributed by atoms with Gasteiger partial charge in [-0.05, 0) is 17.7 Å². The molecule has 24 heavy (non-hydrogen) atoms. The van der Waals surface area contributed by atoms with Crippen LogP contribution in [-0.4, -0.2) is 40.0 Å².